The van der Waals surface area contributed by atoms with Crippen molar-refractivity contribution in [3.63, 3.8) is 0 Å². The number of carbonyl (C=O) groups is 1. The Labute approximate surface area is 191 Å². The van der Waals surface area contributed by atoms with Gasteiger partial charge in [0.2, 0.25) is 0 Å². The molecule has 8 heteroatoms. The van der Waals surface area contributed by atoms with Gasteiger partial charge in [-0.2, -0.15) is 13.2 Å². The summed E-state index contributed by atoms with van der Waals surface area (Å²) in [7, 11) is 0. The van der Waals surface area contributed by atoms with E-state index in [4.69, 9.17) is 11.6 Å². The van der Waals surface area contributed by atoms with Crippen molar-refractivity contribution in [2.24, 2.45) is 0 Å². The smallest absolute Gasteiger partial charge is 0.344 e. The van der Waals surface area contributed by atoms with Crippen molar-refractivity contribution < 1.29 is 18.0 Å². The summed E-state index contributed by atoms with van der Waals surface area (Å²) in [5, 5.41) is 2.45. The first-order valence-electron chi connectivity index (χ1n) is 10.3. The summed E-state index contributed by atoms with van der Waals surface area (Å²) < 4.78 is 39.7. The second kappa shape index (κ2) is 9.80. The number of hydrogen-bond acceptors (Lipinski definition) is 2. The Balaban J connectivity index is 0.00000272. The average molecular weight is 473 g/mol. The van der Waals surface area contributed by atoms with Crippen LogP contribution in [-0.4, -0.2) is 29.4 Å². The molecule has 0 bridgehead atoms. The predicted octanol–water partition coefficient (Wildman–Crippen LogP) is 6.27. The van der Waals surface area contributed by atoms with Gasteiger partial charge < -0.3 is 5.32 Å². The van der Waals surface area contributed by atoms with Gasteiger partial charge in [-0.1, -0.05) is 54.4 Å². The third-order valence-electron chi connectivity index (χ3n) is 6.27. The molecule has 1 amide bonds. The van der Waals surface area contributed by atoms with E-state index >= 15 is 0 Å². The number of rotatable bonds is 4. The van der Waals surface area contributed by atoms with Gasteiger partial charge in [0.25, 0.3) is 5.91 Å². The van der Waals surface area contributed by atoms with E-state index in [9.17, 15) is 18.0 Å². The van der Waals surface area contributed by atoms with Crippen molar-refractivity contribution in [2.75, 3.05) is 6.54 Å². The zero-order chi connectivity index (χ0) is 21.3. The number of piperidine rings is 1. The molecule has 0 aliphatic carbocycles. The SMILES string of the molecule is Cl.O=C(NC(c1ccccc1)[C@@H]1CC[C@@H]2CCCCN21)c1cccc(C(F)(F)F)c1Cl. The van der Waals surface area contributed by atoms with E-state index in [0.29, 0.717) is 6.04 Å². The second-order valence-corrected chi connectivity index (χ2v) is 8.44. The average Bonchev–Trinajstić information content (AvgIpc) is 3.15. The Morgan fingerprint density at radius 1 is 1.03 bits per heavy atom. The van der Waals surface area contributed by atoms with E-state index in [1.807, 2.05) is 30.3 Å². The van der Waals surface area contributed by atoms with Crippen LogP contribution in [0.2, 0.25) is 5.02 Å². The maximum atomic E-state index is 13.2. The molecule has 2 heterocycles. The topological polar surface area (TPSA) is 32.3 Å². The van der Waals surface area contributed by atoms with Gasteiger partial charge in [-0.15, -0.1) is 12.4 Å². The molecule has 2 saturated heterocycles. The number of alkyl halides is 3. The van der Waals surface area contributed by atoms with Crippen molar-refractivity contribution in [1.29, 1.82) is 0 Å². The van der Waals surface area contributed by atoms with Crippen LogP contribution in [0.5, 0.6) is 0 Å². The van der Waals surface area contributed by atoms with E-state index in [2.05, 4.69) is 10.2 Å². The molecular formula is C23H25Cl2F3N2O. The van der Waals surface area contributed by atoms with Gasteiger partial charge in [-0.05, 0) is 49.9 Å². The fraction of sp³-hybridized carbons (Fsp3) is 0.435. The van der Waals surface area contributed by atoms with Crippen LogP contribution in [0.25, 0.3) is 0 Å². The van der Waals surface area contributed by atoms with E-state index in [1.54, 1.807) is 0 Å². The quantitative estimate of drug-likeness (QED) is 0.568. The number of nitrogens with zero attached hydrogens (tertiary/aromatic N) is 1. The lowest BCUT2D eigenvalue weighted by Gasteiger charge is -2.38. The molecule has 31 heavy (non-hydrogen) atoms. The Bertz CT molecular complexity index is 907. The summed E-state index contributed by atoms with van der Waals surface area (Å²) in [6.07, 6.45) is 0.914. The highest BCUT2D eigenvalue weighted by atomic mass is 35.5. The first kappa shape index (κ1) is 23.9. The first-order valence-corrected chi connectivity index (χ1v) is 10.7. The summed E-state index contributed by atoms with van der Waals surface area (Å²) in [4.78, 5) is 15.5. The molecule has 1 unspecified atom stereocenters. The van der Waals surface area contributed by atoms with Gasteiger partial charge in [0, 0.05) is 12.1 Å². The van der Waals surface area contributed by atoms with Crippen LogP contribution >= 0.6 is 24.0 Å². The molecule has 3 atom stereocenters. The fourth-order valence-corrected chi connectivity index (χ4v) is 5.18. The second-order valence-electron chi connectivity index (χ2n) is 8.06. The molecule has 0 aromatic heterocycles. The number of fused-ring (bicyclic) bond motifs is 1. The maximum absolute atomic E-state index is 13.2. The van der Waals surface area contributed by atoms with E-state index in [-0.39, 0.29) is 30.1 Å². The highest BCUT2D eigenvalue weighted by Crippen LogP contribution is 2.39. The van der Waals surface area contributed by atoms with Crippen LogP contribution in [0.15, 0.2) is 48.5 Å². The van der Waals surface area contributed by atoms with Gasteiger partial charge >= 0.3 is 6.18 Å². The number of hydrogen-bond donors (Lipinski definition) is 1. The summed E-state index contributed by atoms with van der Waals surface area (Å²) in [5.41, 5.74) is -0.198. The zero-order valence-electron chi connectivity index (χ0n) is 16.9. The monoisotopic (exact) mass is 472 g/mol. The van der Waals surface area contributed by atoms with Gasteiger partial charge in [-0.3, -0.25) is 9.69 Å². The zero-order valence-corrected chi connectivity index (χ0v) is 18.4. The largest absolute Gasteiger partial charge is 0.417 e. The third-order valence-corrected chi connectivity index (χ3v) is 6.68. The number of benzene rings is 2. The molecule has 4 rings (SSSR count). The molecule has 0 saturated carbocycles. The summed E-state index contributed by atoms with van der Waals surface area (Å²) in [5.74, 6) is -0.583. The normalized spacial score (nSPS) is 22.3. The third kappa shape index (κ3) is 5.02. The first-order chi connectivity index (χ1) is 14.4. The molecule has 168 valence electrons. The van der Waals surface area contributed by atoms with Crippen molar-refractivity contribution in [2.45, 2.75) is 56.4 Å². The maximum Gasteiger partial charge on any atom is 0.417 e. The number of halogens is 5. The van der Waals surface area contributed by atoms with Gasteiger partial charge in [0.1, 0.15) is 0 Å². The minimum atomic E-state index is -4.61. The van der Waals surface area contributed by atoms with Crippen molar-refractivity contribution in [1.82, 2.24) is 10.2 Å². The lowest BCUT2D eigenvalue weighted by Crippen LogP contribution is -2.47. The molecule has 2 aliphatic rings. The molecule has 2 aromatic rings. The molecule has 3 nitrogen and oxygen atoms in total. The van der Waals surface area contributed by atoms with Gasteiger partial charge in [-0.25, -0.2) is 0 Å². The van der Waals surface area contributed by atoms with E-state index in [1.165, 1.54) is 18.6 Å². The predicted molar refractivity (Wildman–Crippen MR) is 118 cm³/mol. The molecular weight excluding hydrogens is 448 g/mol. The van der Waals surface area contributed by atoms with Gasteiger partial charge in [0.05, 0.1) is 22.2 Å². The Hall–Kier alpha value is -1.76. The van der Waals surface area contributed by atoms with Crippen molar-refractivity contribution in [3.8, 4) is 0 Å². The lowest BCUT2D eigenvalue weighted by molar-refractivity contribution is -0.137. The van der Waals surface area contributed by atoms with Crippen LogP contribution < -0.4 is 5.32 Å². The lowest BCUT2D eigenvalue weighted by atomic mass is 9.96. The van der Waals surface area contributed by atoms with Crippen LogP contribution in [0, 0.1) is 0 Å². The number of nitrogens with one attached hydrogen (secondary N) is 1. The minimum absolute atomic E-state index is 0. The Morgan fingerprint density at radius 2 is 1.77 bits per heavy atom. The Kier molecular flexibility index (Phi) is 7.55. The highest BCUT2D eigenvalue weighted by Gasteiger charge is 2.41. The molecule has 2 fully saturated rings. The summed E-state index contributed by atoms with van der Waals surface area (Å²) in [6, 6.07) is 13.4. The van der Waals surface area contributed by atoms with Crippen LogP contribution in [0.4, 0.5) is 13.2 Å². The fourth-order valence-electron chi connectivity index (χ4n) is 4.86. The minimum Gasteiger partial charge on any atom is -0.344 e. The van der Waals surface area contributed by atoms with Crippen molar-refractivity contribution >= 4 is 29.9 Å². The Morgan fingerprint density at radius 3 is 2.48 bits per heavy atom. The van der Waals surface area contributed by atoms with Crippen molar-refractivity contribution in [3.05, 3.63) is 70.2 Å². The molecule has 2 aliphatic heterocycles. The number of carbonyl (C=O) groups excluding carboxylic acids is 1. The van der Waals surface area contributed by atoms with E-state index in [0.717, 1.165) is 43.9 Å². The molecule has 2 aromatic carbocycles. The highest BCUT2D eigenvalue weighted by molar-refractivity contribution is 6.34. The number of amides is 1. The standard InChI is InChI=1S/C23H24ClF3N2O.ClH/c24-20-17(10-6-11-18(20)23(25,26)27)22(30)28-21(15-7-2-1-3-8-15)19-13-12-16-9-4-5-14-29(16)19;/h1-3,6-8,10-11,16,19,21H,4-5,9,12-14H2,(H,28,30);1H/t16-,19-,21?;/m0./s1. The summed E-state index contributed by atoms with van der Waals surface area (Å²) >= 11 is 6.00. The van der Waals surface area contributed by atoms with Crippen LogP contribution in [-0.2, 0) is 6.18 Å². The molecule has 0 radical (unpaired) electrons. The summed E-state index contributed by atoms with van der Waals surface area (Å²) in [6.45, 7) is 0.985. The van der Waals surface area contributed by atoms with Gasteiger partial charge in [0.15, 0.2) is 0 Å². The van der Waals surface area contributed by atoms with Crippen LogP contribution in [0.1, 0.15) is 59.6 Å². The molecule has 1 N–H and O–H groups in total. The van der Waals surface area contributed by atoms with E-state index < -0.39 is 22.7 Å². The molecule has 0 spiro atoms. The van der Waals surface area contributed by atoms with Crippen LogP contribution in [0.3, 0.4) is 0 Å².